The third kappa shape index (κ3) is 4.37. The smallest absolute Gasteiger partial charge is 0.254 e. The van der Waals surface area contributed by atoms with Gasteiger partial charge in [-0.05, 0) is 37.3 Å². The highest BCUT2D eigenvalue weighted by Crippen LogP contribution is 2.36. The summed E-state index contributed by atoms with van der Waals surface area (Å²) < 4.78 is 0. The predicted molar refractivity (Wildman–Crippen MR) is 106 cm³/mol. The van der Waals surface area contributed by atoms with Gasteiger partial charge in [0.15, 0.2) is 0 Å². The van der Waals surface area contributed by atoms with Crippen LogP contribution in [0, 0.1) is 6.92 Å². The van der Waals surface area contributed by atoms with Gasteiger partial charge in [-0.1, -0.05) is 56.5 Å². The van der Waals surface area contributed by atoms with E-state index < -0.39 is 0 Å². The number of nitrogens with zero attached hydrogens (tertiary/aromatic N) is 1. The van der Waals surface area contributed by atoms with E-state index in [1.54, 1.807) is 11.3 Å². The molecule has 1 fully saturated rings. The average molecular weight is 355 g/mol. The third-order valence-electron chi connectivity index (χ3n) is 4.84. The number of carbonyl (C=O) groups is 1. The first-order valence-electron chi connectivity index (χ1n) is 9.21. The van der Waals surface area contributed by atoms with E-state index in [2.05, 4.69) is 24.2 Å². The molecular weight excluding hydrogens is 328 g/mol. The Morgan fingerprint density at radius 2 is 1.96 bits per heavy atom. The molecule has 1 N–H and O–H groups in total. The van der Waals surface area contributed by atoms with Crippen molar-refractivity contribution < 1.29 is 4.79 Å². The lowest BCUT2D eigenvalue weighted by Crippen LogP contribution is -2.36. The number of nitrogens with one attached hydrogen (secondary N) is 1. The van der Waals surface area contributed by atoms with Gasteiger partial charge < -0.3 is 5.32 Å². The van der Waals surface area contributed by atoms with Crippen molar-refractivity contribution >= 4 is 28.5 Å². The van der Waals surface area contributed by atoms with E-state index in [0.29, 0.717) is 6.04 Å². The number of thiophene rings is 1. The van der Waals surface area contributed by atoms with Gasteiger partial charge in [0.2, 0.25) is 0 Å². The summed E-state index contributed by atoms with van der Waals surface area (Å²) in [4.78, 5) is 18.8. The molecule has 0 bridgehead atoms. The van der Waals surface area contributed by atoms with Gasteiger partial charge >= 0.3 is 0 Å². The summed E-state index contributed by atoms with van der Waals surface area (Å²) in [5.74, 6) is 0.0494. The Morgan fingerprint density at radius 1 is 1.24 bits per heavy atom. The monoisotopic (exact) mass is 354 g/mol. The lowest BCUT2D eigenvalue weighted by molar-refractivity contribution is 0.0928. The van der Waals surface area contributed by atoms with Crippen molar-refractivity contribution in [2.24, 2.45) is 4.99 Å². The van der Waals surface area contributed by atoms with Crippen molar-refractivity contribution in [1.29, 1.82) is 0 Å². The van der Waals surface area contributed by atoms with Gasteiger partial charge in [-0.2, -0.15) is 0 Å². The second-order valence-corrected chi connectivity index (χ2v) is 7.85. The molecule has 0 aliphatic heterocycles. The number of amides is 1. The highest BCUT2D eigenvalue weighted by atomic mass is 32.1. The summed E-state index contributed by atoms with van der Waals surface area (Å²) in [5, 5.41) is 4.08. The van der Waals surface area contributed by atoms with Gasteiger partial charge in [-0.3, -0.25) is 4.79 Å². The molecule has 1 aliphatic rings. The van der Waals surface area contributed by atoms with E-state index in [1.807, 2.05) is 36.5 Å². The molecule has 1 aromatic heterocycles. The summed E-state index contributed by atoms with van der Waals surface area (Å²) in [6.07, 6.45) is 8.62. The Morgan fingerprint density at radius 3 is 2.64 bits per heavy atom. The van der Waals surface area contributed by atoms with Gasteiger partial charge in [0.25, 0.3) is 5.91 Å². The SMILES string of the molecule is CCc1c(C)sc(N=Cc2ccccc2)c1C(=O)NC1CCCCC1. The molecule has 1 aliphatic carbocycles. The van der Waals surface area contributed by atoms with Crippen LogP contribution in [0.15, 0.2) is 35.3 Å². The molecule has 2 aromatic rings. The van der Waals surface area contributed by atoms with Gasteiger partial charge in [0, 0.05) is 17.1 Å². The fourth-order valence-corrected chi connectivity index (χ4v) is 4.57. The molecule has 1 heterocycles. The Kier molecular flexibility index (Phi) is 6.03. The number of hydrogen-bond donors (Lipinski definition) is 1. The molecule has 1 amide bonds. The zero-order valence-electron chi connectivity index (χ0n) is 15.0. The van der Waals surface area contributed by atoms with Crippen molar-refractivity contribution in [3.63, 3.8) is 0 Å². The molecule has 3 nitrogen and oxygen atoms in total. The van der Waals surface area contributed by atoms with Crippen LogP contribution in [0.25, 0.3) is 0 Å². The summed E-state index contributed by atoms with van der Waals surface area (Å²) in [6.45, 7) is 4.19. The topological polar surface area (TPSA) is 41.5 Å². The van der Waals surface area contributed by atoms with Crippen molar-refractivity contribution in [2.45, 2.75) is 58.4 Å². The van der Waals surface area contributed by atoms with Crippen LogP contribution in [0.4, 0.5) is 5.00 Å². The molecule has 132 valence electrons. The van der Waals surface area contributed by atoms with Crippen molar-refractivity contribution in [3.05, 3.63) is 51.9 Å². The number of aliphatic imine (C=N–C) groups is 1. The minimum atomic E-state index is 0.0494. The maximum atomic E-state index is 13.0. The lowest BCUT2D eigenvalue weighted by atomic mass is 9.95. The van der Waals surface area contributed by atoms with E-state index >= 15 is 0 Å². The van der Waals surface area contributed by atoms with Crippen LogP contribution in [0.3, 0.4) is 0 Å². The zero-order chi connectivity index (χ0) is 17.6. The number of hydrogen-bond acceptors (Lipinski definition) is 3. The molecule has 1 aromatic carbocycles. The summed E-state index contributed by atoms with van der Waals surface area (Å²) in [7, 11) is 0. The van der Waals surface area contributed by atoms with Gasteiger partial charge in [-0.15, -0.1) is 11.3 Å². The Hall–Kier alpha value is -1.94. The molecule has 1 saturated carbocycles. The van der Waals surface area contributed by atoms with Crippen molar-refractivity contribution in [2.75, 3.05) is 0 Å². The molecule has 0 spiro atoms. The van der Waals surface area contributed by atoms with Crippen molar-refractivity contribution in [3.8, 4) is 0 Å². The Bertz CT molecular complexity index is 743. The number of benzene rings is 1. The molecule has 0 saturated heterocycles. The first kappa shape index (κ1) is 17.9. The molecule has 0 radical (unpaired) electrons. The minimum Gasteiger partial charge on any atom is -0.349 e. The highest BCUT2D eigenvalue weighted by Gasteiger charge is 2.23. The quantitative estimate of drug-likeness (QED) is 0.715. The van der Waals surface area contributed by atoms with E-state index in [4.69, 9.17) is 0 Å². The van der Waals surface area contributed by atoms with E-state index in [9.17, 15) is 4.79 Å². The molecule has 3 rings (SSSR count). The molecule has 25 heavy (non-hydrogen) atoms. The van der Waals surface area contributed by atoms with Crippen LogP contribution in [0.2, 0.25) is 0 Å². The predicted octanol–water partition coefficient (Wildman–Crippen LogP) is 5.43. The Labute approximate surface area is 154 Å². The standard InChI is InChI=1S/C21H26N2OS/c1-3-18-15(2)25-21(22-14-16-10-6-4-7-11-16)19(18)20(24)23-17-12-8-5-9-13-17/h4,6-7,10-11,14,17H,3,5,8-9,12-13H2,1-2H3,(H,23,24). The summed E-state index contributed by atoms with van der Waals surface area (Å²) in [5.41, 5.74) is 2.96. The fraction of sp³-hybridized carbons (Fsp3) is 0.429. The molecular formula is C21H26N2OS. The highest BCUT2D eigenvalue weighted by molar-refractivity contribution is 7.16. The van der Waals surface area contributed by atoms with E-state index in [1.165, 1.54) is 24.1 Å². The first-order valence-corrected chi connectivity index (χ1v) is 10.0. The van der Waals surface area contributed by atoms with Gasteiger partial charge in [-0.25, -0.2) is 4.99 Å². The molecule has 0 atom stereocenters. The maximum absolute atomic E-state index is 13.0. The lowest BCUT2D eigenvalue weighted by Gasteiger charge is -2.23. The van der Waals surface area contributed by atoms with Crippen molar-refractivity contribution in [1.82, 2.24) is 5.32 Å². The van der Waals surface area contributed by atoms with E-state index in [-0.39, 0.29) is 5.91 Å². The van der Waals surface area contributed by atoms with Crippen LogP contribution < -0.4 is 5.32 Å². The van der Waals surface area contributed by atoms with Gasteiger partial charge in [0.05, 0.1) is 5.56 Å². The molecule has 4 heteroatoms. The first-order chi connectivity index (χ1) is 12.2. The number of carbonyl (C=O) groups excluding carboxylic acids is 1. The summed E-state index contributed by atoms with van der Waals surface area (Å²) >= 11 is 1.62. The van der Waals surface area contributed by atoms with Crippen LogP contribution in [-0.4, -0.2) is 18.2 Å². The number of rotatable bonds is 5. The average Bonchev–Trinajstić information content (AvgIpc) is 2.97. The van der Waals surface area contributed by atoms with Gasteiger partial charge in [0.1, 0.15) is 5.00 Å². The van der Waals surface area contributed by atoms with Crippen LogP contribution >= 0.6 is 11.3 Å². The van der Waals surface area contributed by atoms with E-state index in [0.717, 1.165) is 41.0 Å². The molecule has 0 unspecified atom stereocenters. The van der Waals surface area contributed by atoms with Crippen LogP contribution in [0.1, 0.15) is 65.4 Å². The second-order valence-electron chi connectivity index (χ2n) is 6.65. The maximum Gasteiger partial charge on any atom is 0.254 e. The Balaban J connectivity index is 1.85. The minimum absolute atomic E-state index is 0.0494. The second kappa shape index (κ2) is 8.43. The number of aryl methyl sites for hydroxylation is 1. The zero-order valence-corrected chi connectivity index (χ0v) is 15.9. The van der Waals surface area contributed by atoms with Crippen LogP contribution in [0.5, 0.6) is 0 Å². The van der Waals surface area contributed by atoms with Crippen LogP contribution in [-0.2, 0) is 6.42 Å². The fourth-order valence-electron chi connectivity index (χ4n) is 3.49. The summed E-state index contributed by atoms with van der Waals surface area (Å²) in [6, 6.07) is 10.3. The third-order valence-corrected chi connectivity index (χ3v) is 5.90. The normalized spacial score (nSPS) is 15.6. The largest absolute Gasteiger partial charge is 0.349 e.